The Morgan fingerprint density at radius 3 is 2.58 bits per heavy atom. The molecule has 1 aromatic carbocycles. The van der Waals surface area contributed by atoms with E-state index in [1.165, 1.54) is 17.2 Å². The Labute approximate surface area is 194 Å². The van der Waals surface area contributed by atoms with Gasteiger partial charge in [-0.05, 0) is 29.2 Å². The number of piperazine rings is 1. The molecule has 1 aliphatic heterocycles. The minimum atomic E-state index is -0.874. The molecular formula is C25H32N2O6. The minimum Gasteiger partial charge on any atom is -0.497 e. The van der Waals surface area contributed by atoms with E-state index in [1.807, 2.05) is 30.3 Å². The van der Waals surface area contributed by atoms with Gasteiger partial charge < -0.3 is 23.9 Å². The maximum Gasteiger partial charge on any atom is 0.407 e. The monoisotopic (exact) mass is 456 g/mol. The van der Waals surface area contributed by atoms with Crippen LogP contribution in [0.4, 0.5) is 4.79 Å². The van der Waals surface area contributed by atoms with Gasteiger partial charge in [-0.2, -0.15) is 0 Å². The highest BCUT2D eigenvalue weighted by Crippen LogP contribution is 2.27. The van der Waals surface area contributed by atoms with Crippen LogP contribution in [-0.4, -0.2) is 60.3 Å². The number of hydrogen-bond donors (Lipinski definition) is 1. The Kier molecular flexibility index (Phi) is 7.81. The maximum absolute atomic E-state index is 12.4. The minimum absolute atomic E-state index is 0.0859. The lowest BCUT2D eigenvalue weighted by Gasteiger charge is -2.45. The Hall–Kier alpha value is -3.26. The molecule has 3 rings (SSSR count). The Balaban J connectivity index is 1.55. The summed E-state index contributed by atoms with van der Waals surface area (Å²) in [4.78, 5) is 27.7. The average molecular weight is 457 g/mol. The molecule has 0 aliphatic carbocycles. The smallest absolute Gasteiger partial charge is 0.407 e. The van der Waals surface area contributed by atoms with E-state index in [0.29, 0.717) is 31.9 Å². The predicted molar refractivity (Wildman–Crippen MR) is 126 cm³/mol. The summed E-state index contributed by atoms with van der Waals surface area (Å²) in [7, 11) is 1.61. The van der Waals surface area contributed by atoms with Crippen molar-refractivity contribution in [2.45, 2.75) is 33.4 Å². The first-order valence-corrected chi connectivity index (χ1v) is 10.9. The van der Waals surface area contributed by atoms with E-state index >= 15 is 0 Å². The molecule has 2 aromatic rings. The number of nitrogens with zero attached hydrogens (tertiary/aromatic N) is 2. The van der Waals surface area contributed by atoms with Crippen molar-refractivity contribution in [2.75, 3.05) is 33.3 Å². The summed E-state index contributed by atoms with van der Waals surface area (Å²) in [6.07, 6.45) is 4.13. The van der Waals surface area contributed by atoms with E-state index in [4.69, 9.17) is 13.9 Å². The third kappa shape index (κ3) is 6.61. The molecule has 0 saturated carbocycles. The Bertz CT molecular complexity index is 1020. The second-order valence-corrected chi connectivity index (χ2v) is 9.17. The van der Waals surface area contributed by atoms with Gasteiger partial charge in [0.1, 0.15) is 24.4 Å². The first-order chi connectivity index (χ1) is 15.7. The molecule has 1 N–H and O–H groups in total. The fraction of sp³-hybridized carbons (Fsp3) is 0.440. The molecule has 33 heavy (non-hydrogen) atoms. The van der Waals surface area contributed by atoms with Crippen molar-refractivity contribution in [3.8, 4) is 11.5 Å². The highest BCUT2D eigenvalue weighted by atomic mass is 16.5. The van der Waals surface area contributed by atoms with Crippen LogP contribution in [0.1, 0.15) is 32.1 Å². The van der Waals surface area contributed by atoms with Gasteiger partial charge in [-0.1, -0.05) is 39.0 Å². The molecule has 8 heteroatoms. The molecule has 1 atom stereocenters. The predicted octanol–water partition coefficient (Wildman–Crippen LogP) is 3.95. The number of methoxy groups -OCH3 is 1. The van der Waals surface area contributed by atoms with Gasteiger partial charge in [0.15, 0.2) is 0 Å². The topological polar surface area (TPSA) is 92.5 Å². The highest BCUT2D eigenvalue weighted by molar-refractivity contribution is 5.65. The number of ether oxygens (including phenoxy) is 2. The van der Waals surface area contributed by atoms with Gasteiger partial charge in [-0.25, -0.2) is 4.79 Å². The van der Waals surface area contributed by atoms with Crippen LogP contribution in [0.2, 0.25) is 0 Å². The second-order valence-electron chi connectivity index (χ2n) is 9.17. The zero-order valence-corrected chi connectivity index (χ0v) is 19.6. The van der Waals surface area contributed by atoms with Crippen molar-refractivity contribution in [3.63, 3.8) is 0 Å². The third-order valence-corrected chi connectivity index (χ3v) is 5.73. The van der Waals surface area contributed by atoms with Crippen molar-refractivity contribution in [1.29, 1.82) is 0 Å². The van der Waals surface area contributed by atoms with E-state index in [9.17, 15) is 14.7 Å². The van der Waals surface area contributed by atoms with Crippen LogP contribution in [-0.2, 0) is 6.61 Å². The van der Waals surface area contributed by atoms with Crippen LogP contribution in [0, 0.1) is 5.41 Å². The quantitative estimate of drug-likeness (QED) is 0.674. The van der Waals surface area contributed by atoms with Gasteiger partial charge in [-0.3, -0.25) is 9.69 Å². The fourth-order valence-corrected chi connectivity index (χ4v) is 3.78. The van der Waals surface area contributed by atoms with Crippen LogP contribution in [0.5, 0.6) is 11.5 Å². The summed E-state index contributed by atoms with van der Waals surface area (Å²) in [6.45, 7) is 8.84. The molecule has 1 fully saturated rings. The fourth-order valence-electron chi connectivity index (χ4n) is 3.78. The molecule has 178 valence electrons. The molecule has 0 radical (unpaired) electrons. The number of rotatable bonds is 7. The molecule has 1 amide bonds. The zero-order valence-electron chi connectivity index (χ0n) is 19.6. The summed E-state index contributed by atoms with van der Waals surface area (Å²) in [5, 5.41) is 9.49. The third-order valence-electron chi connectivity index (χ3n) is 5.73. The number of benzene rings is 1. The van der Waals surface area contributed by atoms with Gasteiger partial charge >= 0.3 is 6.09 Å². The van der Waals surface area contributed by atoms with Crippen LogP contribution < -0.4 is 14.9 Å². The molecule has 8 nitrogen and oxygen atoms in total. The van der Waals surface area contributed by atoms with Crippen LogP contribution in [0.15, 0.2) is 51.9 Å². The van der Waals surface area contributed by atoms with Gasteiger partial charge in [-0.15, -0.1) is 0 Å². The maximum atomic E-state index is 12.4. The van der Waals surface area contributed by atoms with Gasteiger partial charge in [0, 0.05) is 32.2 Å². The van der Waals surface area contributed by atoms with Gasteiger partial charge in [0.2, 0.25) is 11.2 Å². The molecule has 0 bridgehead atoms. The van der Waals surface area contributed by atoms with Gasteiger partial charge in [0.05, 0.1) is 13.2 Å². The standard InChI is InChI=1S/C25H32N2O6/c1-25(2,3)23-15-26(12-13-27(23)24(29)30)11-5-6-20-14-21(28)22(17-32-20)33-16-18-7-9-19(31-4)10-8-18/h5-10,14,17,23H,11-13,15-16H2,1-4H3,(H,29,30). The van der Waals surface area contributed by atoms with E-state index in [0.717, 1.165) is 11.3 Å². The number of amides is 1. The molecule has 2 heterocycles. The Morgan fingerprint density at radius 1 is 1.24 bits per heavy atom. The summed E-state index contributed by atoms with van der Waals surface area (Å²) in [5.74, 6) is 1.35. The summed E-state index contributed by atoms with van der Waals surface area (Å²) in [5.41, 5.74) is 0.503. The molecular weight excluding hydrogens is 424 g/mol. The molecule has 0 spiro atoms. The first kappa shape index (κ1) is 24.4. The van der Waals surface area contributed by atoms with Crippen molar-refractivity contribution in [2.24, 2.45) is 5.41 Å². The number of carbonyl (C=O) groups is 1. The Morgan fingerprint density at radius 2 is 1.97 bits per heavy atom. The normalized spacial score (nSPS) is 17.3. The highest BCUT2D eigenvalue weighted by Gasteiger charge is 2.37. The van der Waals surface area contributed by atoms with Crippen molar-refractivity contribution in [1.82, 2.24) is 9.80 Å². The number of carboxylic acid groups (broad SMARTS) is 1. The van der Waals surface area contributed by atoms with E-state index in [1.54, 1.807) is 13.2 Å². The summed E-state index contributed by atoms with van der Waals surface area (Å²) in [6, 6.07) is 8.73. The second kappa shape index (κ2) is 10.6. The lowest BCUT2D eigenvalue weighted by molar-refractivity contribution is 0.0257. The van der Waals surface area contributed by atoms with Crippen LogP contribution >= 0.6 is 0 Å². The van der Waals surface area contributed by atoms with E-state index in [-0.39, 0.29) is 29.2 Å². The van der Waals surface area contributed by atoms with Crippen LogP contribution in [0.3, 0.4) is 0 Å². The van der Waals surface area contributed by atoms with E-state index < -0.39 is 6.09 Å². The first-order valence-electron chi connectivity index (χ1n) is 10.9. The molecule has 1 aliphatic rings. The molecule has 1 saturated heterocycles. The van der Waals surface area contributed by atoms with E-state index in [2.05, 4.69) is 25.7 Å². The van der Waals surface area contributed by atoms with Crippen LogP contribution in [0.25, 0.3) is 6.08 Å². The molecule has 1 unspecified atom stereocenters. The lowest BCUT2D eigenvalue weighted by atomic mass is 9.84. The van der Waals surface area contributed by atoms with Crippen molar-refractivity contribution < 1.29 is 23.8 Å². The van der Waals surface area contributed by atoms with Gasteiger partial charge in [0.25, 0.3) is 0 Å². The average Bonchev–Trinajstić information content (AvgIpc) is 2.78. The molecule has 1 aromatic heterocycles. The largest absolute Gasteiger partial charge is 0.497 e. The summed E-state index contributed by atoms with van der Waals surface area (Å²) < 4.78 is 16.3. The summed E-state index contributed by atoms with van der Waals surface area (Å²) >= 11 is 0. The SMILES string of the molecule is COc1ccc(COc2coc(C=CCN3CCN(C(=O)O)C(C(C)(C)C)C3)cc2=O)cc1. The zero-order chi connectivity index (χ0) is 24.0. The van der Waals surface area contributed by atoms with Crippen molar-refractivity contribution >= 4 is 12.2 Å². The van der Waals surface area contributed by atoms with Crippen molar-refractivity contribution in [3.05, 3.63) is 64.2 Å². The lowest BCUT2D eigenvalue weighted by Crippen LogP contribution is -2.59. The number of hydrogen-bond acceptors (Lipinski definition) is 6.